The molecule has 2 aromatic rings. The van der Waals surface area contributed by atoms with Crippen molar-refractivity contribution in [3.05, 3.63) is 28.0 Å². The van der Waals surface area contributed by atoms with E-state index in [0.717, 1.165) is 52.3 Å². The summed E-state index contributed by atoms with van der Waals surface area (Å²) < 4.78 is 8.78. The number of aromatic nitrogens is 3. The molecule has 0 aliphatic carbocycles. The van der Waals surface area contributed by atoms with Gasteiger partial charge in [0.05, 0.1) is 11.9 Å². The molecule has 124 valence electrons. The standard InChI is InChI=1S/C16H21N3O2S2/c1-10-7-14(11(2)19(10)8-13-5-4-6-21-13)15(20)9-22-16-18-17-12(3)23-16/h7,13H,4-6,8-9H2,1-3H3/t13-/m1/s1. The lowest BCUT2D eigenvalue weighted by atomic mass is 10.2. The van der Waals surface area contributed by atoms with Crippen molar-refractivity contribution in [2.75, 3.05) is 12.4 Å². The van der Waals surface area contributed by atoms with Gasteiger partial charge in [0.1, 0.15) is 5.01 Å². The van der Waals surface area contributed by atoms with Gasteiger partial charge in [0.15, 0.2) is 10.1 Å². The molecule has 1 aliphatic heterocycles. The van der Waals surface area contributed by atoms with E-state index >= 15 is 0 Å². The van der Waals surface area contributed by atoms with Crippen LogP contribution in [0, 0.1) is 20.8 Å². The van der Waals surface area contributed by atoms with E-state index in [4.69, 9.17) is 4.74 Å². The van der Waals surface area contributed by atoms with Gasteiger partial charge >= 0.3 is 0 Å². The van der Waals surface area contributed by atoms with Crippen LogP contribution in [-0.2, 0) is 11.3 Å². The summed E-state index contributed by atoms with van der Waals surface area (Å²) in [6, 6.07) is 2.00. The molecule has 0 unspecified atom stereocenters. The molecule has 0 radical (unpaired) electrons. The molecule has 3 rings (SSSR count). The van der Waals surface area contributed by atoms with Gasteiger partial charge in [0.25, 0.3) is 0 Å². The largest absolute Gasteiger partial charge is 0.376 e. The maximum Gasteiger partial charge on any atom is 0.174 e. The predicted molar refractivity (Wildman–Crippen MR) is 92.6 cm³/mol. The minimum absolute atomic E-state index is 0.148. The van der Waals surface area contributed by atoms with Crippen LogP contribution in [0.4, 0.5) is 0 Å². The Bertz CT molecular complexity index is 702. The topological polar surface area (TPSA) is 57.0 Å². The van der Waals surface area contributed by atoms with Crippen LogP contribution in [0.1, 0.15) is 39.6 Å². The molecule has 0 bridgehead atoms. The first-order valence-electron chi connectivity index (χ1n) is 7.79. The molecule has 1 fully saturated rings. The van der Waals surface area contributed by atoms with Crippen LogP contribution in [-0.4, -0.2) is 39.0 Å². The first kappa shape index (κ1) is 16.7. The molecule has 0 N–H and O–H groups in total. The van der Waals surface area contributed by atoms with Gasteiger partial charge in [-0.1, -0.05) is 23.1 Å². The van der Waals surface area contributed by atoms with Gasteiger partial charge in [-0.15, -0.1) is 10.2 Å². The molecule has 0 amide bonds. The number of hydrogen-bond donors (Lipinski definition) is 0. The molecule has 3 heterocycles. The Labute approximate surface area is 144 Å². The summed E-state index contributed by atoms with van der Waals surface area (Å²) in [6.07, 6.45) is 2.52. The van der Waals surface area contributed by atoms with E-state index in [1.54, 1.807) is 0 Å². The summed E-state index contributed by atoms with van der Waals surface area (Å²) in [5.41, 5.74) is 2.98. The van der Waals surface area contributed by atoms with E-state index in [-0.39, 0.29) is 11.9 Å². The Balaban J connectivity index is 1.68. The number of aryl methyl sites for hydroxylation is 2. The molecule has 0 aromatic carbocycles. The molecule has 1 atom stereocenters. The second-order valence-corrected chi connectivity index (χ2v) is 8.23. The highest BCUT2D eigenvalue weighted by atomic mass is 32.2. The van der Waals surface area contributed by atoms with Crippen LogP contribution in [0.3, 0.4) is 0 Å². The SMILES string of the molecule is Cc1nnc(SCC(=O)c2cc(C)n(C[C@H]3CCCO3)c2C)s1. The molecular weight excluding hydrogens is 330 g/mol. The van der Waals surface area contributed by atoms with E-state index in [0.29, 0.717) is 5.75 Å². The van der Waals surface area contributed by atoms with Crippen LogP contribution in [0.25, 0.3) is 0 Å². The van der Waals surface area contributed by atoms with Gasteiger partial charge in [-0.25, -0.2) is 0 Å². The van der Waals surface area contributed by atoms with E-state index in [1.165, 1.54) is 23.1 Å². The zero-order valence-electron chi connectivity index (χ0n) is 13.7. The minimum atomic E-state index is 0.148. The van der Waals surface area contributed by atoms with E-state index in [2.05, 4.69) is 21.7 Å². The van der Waals surface area contributed by atoms with Crippen molar-refractivity contribution in [2.24, 2.45) is 0 Å². The summed E-state index contributed by atoms with van der Waals surface area (Å²) in [5, 5.41) is 8.96. The molecule has 0 spiro atoms. The van der Waals surface area contributed by atoms with Crippen molar-refractivity contribution in [3.63, 3.8) is 0 Å². The van der Waals surface area contributed by atoms with E-state index < -0.39 is 0 Å². The van der Waals surface area contributed by atoms with Gasteiger partial charge in [0, 0.05) is 30.1 Å². The van der Waals surface area contributed by atoms with Crippen LogP contribution < -0.4 is 0 Å². The summed E-state index contributed by atoms with van der Waals surface area (Å²) in [5.74, 6) is 0.549. The minimum Gasteiger partial charge on any atom is -0.376 e. The molecule has 2 aromatic heterocycles. The monoisotopic (exact) mass is 351 g/mol. The van der Waals surface area contributed by atoms with E-state index in [9.17, 15) is 4.79 Å². The lowest BCUT2D eigenvalue weighted by Gasteiger charge is -2.14. The van der Waals surface area contributed by atoms with Gasteiger partial charge < -0.3 is 9.30 Å². The van der Waals surface area contributed by atoms with Crippen molar-refractivity contribution in [1.82, 2.24) is 14.8 Å². The third kappa shape index (κ3) is 3.84. The number of hydrogen-bond acceptors (Lipinski definition) is 6. The predicted octanol–water partition coefficient (Wildman–Crippen LogP) is 3.42. The highest BCUT2D eigenvalue weighted by Gasteiger charge is 2.21. The van der Waals surface area contributed by atoms with Gasteiger partial charge in [-0.05, 0) is 39.7 Å². The molecule has 7 heteroatoms. The van der Waals surface area contributed by atoms with Crippen molar-refractivity contribution in [3.8, 4) is 0 Å². The van der Waals surface area contributed by atoms with Crippen LogP contribution in [0.2, 0.25) is 0 Å². The lowest BCUT2D eigenvalue weighted by Crippen LogP contribution is -2.17. The Kier molecular flexibility index (Phi) is 5.18. The number of nitrogens with zero attached hydrogens (tertiary/aromatic N) is 3. The smallest absolute Gasteiger partial charge is 0.174 e. The van der Waals surface area contributed by atoms with Crippen molar-refractivity contribution >= 4 is 28.9 Å². The fourth-order valence-corrected chi connectivity index (χ4v) is 4.60. The Hall–Kier alpha value is -1.18. The highest BCUT2D eigenvalue weighted by Crippen LogP contribution is 2.25. The second kappa shape index (κ2) is 7.15. The number of ketones is 1. The number of ether oxygens (including phenoxy) is 1. The average Bonchev–Trinajstić information content (AvgIpc) is 3.23. The number of rotatable bonds is 6. The lowest BCUT2D eigenvalue weighted by molar-refractivity contribution is 0.0957. The Morgan fingerprint density at radius 1 is 1.43 bits per heavy atom. The molecule has 5 nitrogen and oxygen atoms in total. The summed E-state index contributed by atoms with van der Waals surface area (Å²) >= 11 is 2.99. The average molecular weight is 351 g/mol. The quantitative estimate of drug-likeness (QED) is 0.589. The maximum atomic E-state index is 12.5. The highest BCUT2D eigenvalue weighted by molar-refractivity contribution is 8.01. The van der Waals surface area contributed by atoms with Crippen molar-refractivity contribution in [1.29, 1.82) is 0 Å². The molecule has 0 saturated carbocycles. The normalized spacial score (nSPS) is 17.8. The zero-order chi connectivity index (χ0) is 16.4. The third-order valence-electron chi connectivity index (χ3n) is 4.12. The molecule has 1 aliphatic rings. The summed E-state index contributed by atoms with van der Waals surface area (Å²) in [4.78, 5) is 12.5. The van der Waals surface area contributed by atoms with Crippen LogP contribution in [0.5, 0.6) is 0 Å². The van der Waals surface area contributed by atoms with Crippen molar-refractivity contribution in [2.45, 2.75) is 50.6 Å². The third-order valence-corrected chi connectivity index (χ3v) is 6.09. The summed E-state index contributed by atoms with van der Waals surface area (Å²) in [6.45, 7) is 7.69. The maximum absolute atomic E-state index is 12.5. The van der Waals surface area contributed by atoms with Gasteiger partial charge in [-0.3, -0.25) is 4.79 Å². The number of thioether (sulfide) groups is 1. The number of carbonyl (C=O) groups is 1. The van der Waals surface area contributed by atoms with Crippen molar-refractivity contribution < 1.29 is 9.53 Å². The first-order chi connectivity index (χ1) is 11.0. The van der Waals surface area contributed by atoms with Crippen LogP contribution >= 0.6 is 23.1 Å². The molecule has 1 saturated heterocycles. The Morgan fingerprint density at radius 3 is 2.91 bits per heavy atom. The molecular formula is C16H21N3O2S2. The van der Waals surface area contributed by atoms with Crippen LogP contribution in [0.15, 0.2) is 10.4 Å². The van der Waals surface area contributed by atoms with Gasteiger partial charge in [-0.2, -0.15) is 0 Å². The second-order valence-electron chi connectivity index (χ2n) is 5.83. The fraction of sp³-hybridized carbons (Fsp3) is 0.562. The number of carbonyl (C=O) groups excluding carboxylic acids is 1. The van der Waals surface area contributed by atoms with Gasteiger partial charge in [0.2, 0.25) is 0 Å². The Morgan fingerprint density at radius 2 is 2.26 bits per heavy atom. The summed E-state index contributed by atoms with van der Waals surface area (Å²) in [7, 11) is 0. The zero-order valence-corrected chi connectivity index (χ0v) is 15.3. The number of Topliss-reactive ketones (excluding diaryl/α,β-unsaturated/α-hetero) is 1. The molecule has 23 heavy (non-hydrogen) atoms. The van der Waals surface area contributed by atoms with E-state index in [1.807, 2.05) is 19.9 Å². The fourth-order valence-electron chi connectivity index (χ4n) is 2.90. The first-order valence-corrected chi connectivity index (χ1v) is 9.59.